The van der Waals surface area contributed by atoms with E-state index in [0.717, 1.165) is 32.5 Å². The molecule has 0 radical (unpaired) electrons. The zero-order valence-corrected chi connectivity index (χ0v) is 21.0. The number of rotatable bonds is 5. The molecule has 4 aromatic rings. The van der Waals surface area contributed by atoms with E-state index in [1.54, 1.807) is 28.9 Å². The summed E-state index contributed by atoms with van der Waals surface area (Å²) in [5.74, 6) is 0. The monoisotopic (exact) mass is 530 g/mol. The van der Waals surface area contributed by atoms with Crippen LogP contribution in [0.15, 0.2) is 88.7 Å². The minimum absolute atomic E-state index is 0.0243. The van der Waals surface area contributed by atoms with Crippen LogP contribution in [0, 0.1) is 0 Å². The number of primary sulfonamides is 1. The maximum Gasteiger partial charge on any atom is 0.238 e. The molecule has 0 saturated heterocycles. The molecular formula is C23H19ClN4O3S3. The van der Waals surface area contributed by atoms with Crippen molar-refractivity contribution in [2.24, 2.45) is 5.14 Å². The first-order valence-electron chi connectivity index (χ1n) is 9.86. The Morgan fingerprint density at radius 3 is 2.18 bits per heavy atom. The Hall–Kier alpha value is -2.73. The fraction of sp³-hybridized carbons (Fsp3) is 0.0435. The molecule has 0 unspecified atom stereocenters. The highest BCUT2D eigenvalue weighted by Crippen LogP contribution is 2.31. The number of halogens is 1. The van der Waals surface area contributed by atoms with Gasteiger partial charge in [-0.3, -0.25) is 5.21 Å². The summed E-state index contributed by atoms with van der Waals surface area (Å²) in [4.78, 5) is 0.904. The summed E-state index contributed by atoms with van der Waals surface area (Å²) in [5.41, 5.74) is 3.97. The van der Waals surface area contributed by atoms with Gasteiger partial charge in [0, 0.05) is 28.1 Å². The lowest BCUT2D eigenvalue weighted by molar-refractivity contribution is 0.0205. The van der Waals surface area contributed by atoms with Gasteiger partial charge < -0.3 is 0 Å². The van der Waals surface area contributed by atoms with Crippen LogP contribution in [0.4, 0.5) is 0 Å². The number of hydroxylamine groups is 2. The molecular weight excluding hydrogens is 512 g/mol. The van der Waals surface area contributed by atoms with Crippen molar-refractivity contribution in [1.29, 1.82) is 0 Å². The molecule has 0 aliphatic carbocycles. The summed E-state index contributed by atoms with van der Waals surface area (Å²) >= 11 is 12.5. The first-order valence-corrected chi connectivity index (χ1v) is 13.0. The van der Waals surface area contributed by atoms with Crippen LogP contribution in [0.2, 0.25) is 5.02 Å². The predicted octanol–water partition coefficient (Wildman–Crippen LogP) is 5.21. The van der Waals surface area contributed by atoms with Crippen LogP contribution in [0.5, 0.6) is 0 Å². The lowest BCUT2D eigenvalue weighted by atomic mass is 10.1. The average Bonchev–Trinajstić information content (AvgIpc) is 3.25. The molecule has 0 spiro atoms. The van der Waals surface area contributed by atoms with Crippen LogP contribution >= 0.6 is 35.6 Å². The highest BCUT2D eigenvalue weighted by atomic mass is 35.5. The molecule has 34 heavy (non-hydrogen) atoms. The Bertz CT molecular complexity index is 1430. The normalized spacial score (nSPS) is 11.4. The molecule has 0 aliphatic heterocycles. The minimum atomic E-state index is -3.80. The van der Waals surface area contributed by atoms with E-state index >= 15 is 0 Å². The van der Waals surface area contributed by atoms with Crippen molar-refractivity contribution in [2.75, 3.05) is 7.05 Å². The van der Waals surface area contributed by atoms with E-state index in [-0.39, 0.29) is 4.90 Å². The van der Waals surface area contributed by atoms with E-state index in [1.165, 1.54) is 30.9 Å². The molecule has 0 aliphatic rings. The van der Waals surface area contributed by atoms with Crippen LogP contribution in [0.3, 0.4) is 0 Å². The van der Waals surface area contributed by atoms with Crippen molar-refractivity contribution in [3.63, 3.8) is 0 Å². The number of thiocarbonyl (C=S) groups is 1. The highest BCUT2D eigenvalue weighted by Gasteiger charge is 2.15. The van der Waals surface area contributed by atoms with Crippen LogP contribution < -0.4 is 5.14 Å². The first kappa shape index (κ1) is 24.4. The molecule has 4 rings (SSSR count). The smallest absolute Gasteiger partial charge is 0.238 e. The second kappa shape index (κ2) is 9.87. The second-order valence-corrected chi connectivity index (χ2v) is 11.0. The van der Waals surface area contributed by atoms with Crippen LogP contribution in [-0.4, -0.2) is 39.8 Å². The zero-order valence-electron chi connectivity index (χ0n) is 17.8. The summed E-state index contributed by atoms with van der Waals surface area (Å²) in [6, 6.07) is 23.2. The van der Waals surface area contributed by atoms with Gasteiger partial charge in [0.15, 0.2) is 4.32 Å². The van der Waals surface area contributed by atoms with E-state index in [0.29, 0.717) is 15.0 Å². The highest BCUT2D eigenvalue weighted by molar-refractivity contribution is 8.22. The molecule has 7 nitrogen and oxygen atoms in total. The van der Waals surface area contributed by atoms with Crippen molar-refractivity contribution in [2.45, 2.75) is 9.79 Å². The molecule has 1 aromatic heterocycles. The number of thioether (sulfide) groups is 1. The van der Waals surface area contributed by atoms with Crippen LogP contribution in [-0.2, 0) is 10.0 Å². The minimum Gasteiger partial charge on any atom is -0.287 e. The third kappa shape index (κ3) is 5.49. The molecule has 1 heterocycles. The van der Waals surface area contributed by atoms with E-state index in [4.69, 9.17) is 34.1 Å². The van der Waals surface area contributed by atoms with Gasteiger partial charge in [-0.1, -0.05) is 59.8 Å². The van der Waals surface area contributed by atoms with Gasteiger partial charge in [-0.05, 0) is 54.6 Å². The fourth-order valence-electron chi connectivity index (χ4n) is 3.18. The molecule has 3 N–H and O–H groups in total. The number of hydrogen-bond donors (Lipinski definition) is 2. The molecule has 0 atom stereocenters. The molecule has 0 saturated carbocycles. The summed E-state index contributed by atoms with van der Waals surface area (Å²) in [7, 11) is -2.32. The molecule has 3 aromatic carbocycles. The summed E-state index contributed by atoms with van der Waals surface area (Å²) in [6.07, 6.45) is 0. The zero-order chi connectivity index (χ0) is 24.5. The third-order valence-corrected chi connectivity index (χ3v) is 7.52. The lowest BCUT2D eigenvalue weighted by Crippen LogP contribution is -2.16. The third-order valence-electron chi connectivity index (χ3n) is 4.88. The van der Waals surface area contributed by atoms with Gasteiger partial charge in [0.2, 0.25) is 10.0 Å². The van der Waals surface area contributed by atoms with Gasteiger partial charge in [-0.2, -0.15) is 5.10 Å². The van der Waals surface area contributed by atoms with Gasteiger partial charge in [-0.15, -0.1) is 0 Å². The van der Waals surface area contributed by atoms with E-state index < -0.39 is 10.0 Å². The van der Waals surface area contributed by atoms with Gasteiger partial charge in [-0.25, -0.2) is 23.3 Å². The predicted molar refractivity (Wildman–Crippen MR) is 139 cm³/mol. The van der Waals surface area contributed by atoms with Crippen molar-refractivity contribution in [1.82, 2.24) is 14.8 Å². The van der Waals surface area contributed by atoms with Gasteiger partial charge in [0.05, 0.1) is 22.0 Å². The summed E-state index contributed by atoms with van der Waals surface area (Å²) in [5, 5.41) is 21.0. The Kier molecular flexibility index (Phi) is 7.08. The number of aromatic nitrogens is 2. The lowest BCUT2D eigenvalue weighted by Gasteiger charge is -2.10. The Morgan fingerprint density at radius 1 is 1.03 bits per heavy atom. The SMILES string of the molecule is CN(O)C(=S)Sc1ccc(-c2cc(-c3ccc(Cl)cc3)n(-c3ccc(S(N)(=O)=O)cc3)n2)cc1. The quantitative estimate of drug-likeness (QED) is 0.207. The van der Waals surface area contributed by atoms with Crippen molar-refractivity contribution in [3.8, 4) is 28.2 Å². The number of nitrogens with zero attached hydrogens (tertiary/aromatic N) is 3. The Labute approximate surface area is 211 Å². The molecule has 0 amide bonds. The summed E-state index contributed by atoms with van der Waals surface area (Å²) < 4.78 is 25.4. The fourth-order valence-corrected chi connectivity index (χ4v) is 4.72. The maximum atomic E-state index is 11.6. The van der Waals surface area contributed by atoms with Crippen molar-refractivity contribution < 1.29 is 13.6 Å². The Morgan fingerprint density at radius 2 is 1.62 bits per heavy atom. The Balaban J connectivity index is 1.75. The standard InChI is InChI=1S/C23H19ClN4O3S3/c1-27(29)23(32)33-19-10-4-15(5-11-19)21-14-22(16-2-6-17(24)7-3-16)28(26-21)18-8-12-20(13-9-18)34(25,30)31/h2-14,29H,1H3,(H2,25,30,31). The number of hydrogen-bond acceptors (Lipinski definition) is 6. The number of sulfonamides is 1. The van der Waals surface area contributed by atoms with E-state index in [2.05, 4.69) is 0 Å². The number of nitrogens with two attached hydrogens (primary N) is 1. The van der Waals surface area contributed by atoms with Crippen molar-refractivity contribution >= 4 is 49.9 Å². The van der Waals surface area contributed by atoms with Gasteiger partial charge in [0.1, 0.15) is 0 Å². The molecule has 11 heteroatoms. The average molecular weight is 531 g/mol. The maximum absolute atomic E-state index is 11.6. The number of benzene rings is 3. The van der Waals surface area contributed by atoms with E-state index in [1.807, 2.05) is 42.5 Å². The van der Waals surface area contributed by atoms with Crippen molar-refractivity contribution in [3.05, 3.63) is 83.9 Å². The molecule has 0 bridgehead atoms. The molecule has 174 valence electrons. The van der Waals surface area contributed by atoms with Crippen LogP contribution in [0.25, 0.3) is 28.2 Å². The molecule has 0 fully saturated rings. The largest absolute Gasteiger partial charge is 0.287 e. The topological polar surface area (TPSA) is 101 Å². The van der Waals surface area contributed by atoms with Gasteiger partial charge >= 0.3 is 0 Å². The first-order chi connectivity index (χ1) is 16.1. The van der Waals surface area contributed by atoms with Crippen LogP contribution in [0.1, 0.15) is 0 Å². The summed E-state index contributed by atoms with van der Waals surface area (Å²) in [6.45, 7) is 0. The van der Waals surface area contributed by atoms with E-state index in [9.17, 15) is 13.6 Å². The van der Waals surface area contributed by atoms with Gasteiger partial charge in [0.25, 0.3) is 0 Å². The second-order valence-electron chi connectivity index (χ2n) is 7.29.